The summed E-state index contributed by atoms with van der Waals surface area (Å²) >= 11 is 0. The number of amides is 2. The molecule has 1 N–H and O–H groups in total. The number of carbonyl (C=O) groups excluding carboxylic acids is 2. The largest absolute Gasteiger partial charge is 0.494 e. The van der Waals surface area contributed by atoms with E-state index >= 15 is 0 Å². The smallest absolute Gasteiger partial charge is 0.268 e. The van der Waals surface area contributed by atoms with Crippen LogP contribution in [0.4, 0.5) is 5.69 Å². The Balaban J connectivity index is 1.24. The van der Waals surface area contributed by atoms with E-state index in [1.165, 1.54) is 19.3 Å². The number of carbonyl (C=O) groups is 2. The molecule has 150 valence electrons. The number of benzene rings is 1. The Morgan fingerprint density at radius 3 is 2.93 bits per heavy atom. The van der Waals surface area contributed by atoms with E-state index in [9.17, 15) is 9.59 Å². The minimum atomic E-state index is -0.116. The molecule has 2 amide bonds. The minimum Gasteiger partial charge on any atom is -0.494 e. The first kappa shape index (κ1) is 18.8. The molecule has 0 radical (unpaired) electrons. The second-order valence-electron chi connectivity index (χ2n) is 7.88. The van der Waals surface area contributed by atoms with Gasteiger partial charge in [-0.15, -0.1) is 0 Å². The number of hydrogen-bond acceptors (Lipinski definition) is 5. The fourth-order valence-corrected chi connectivity index (χ4v) is 4.20. The molecule has 0 atom stereocenters. The molecule has 0 unspecified atom stereocenters. The highest BCUT2D eigenvalue weighted by Crippen LogP contribution is 2.29. The summed E-state index contributed by atoms with van der Waals surface area (Å²) in [6, 6.07) is 6.28. The standard InChI is InChI=1S/C21H28N4O3/c1-24(16-6-3-2-4-7-16)20(27)8-5-11-28-17-9-10-18-15(12-17)13-25-14-19(26)23-21(25)22-18/h9-10,12,16H,2-8,11,13-14H2,1H3,(H,22,23,26). The minimum absolute atomic E-state index is 0.116. The second-order valence-corrected chi connectivity index (χ2v) is 7.88. The molecule has 3 aliphatic rings. The maximum atomic E-state index is 12.4. The molecule has 7 nitrogen and oxygen atoms in total. The van der Waals surface area contributed by atoms with E-state index in [-0.39, 0.29) is 11.8 Å². The quantitative estimate of drug-likeness (QED) is 0.764. The third-order valence-electron chi connectivity index (χ3n) is 5.86. The van der Waals surface area contributed by atoms with Gasteiger partial charge in [0.2, 0.25) is 11.9 Å². The fourth-order valence-electron chi connectivity index (χ4n) is 4.20. The Labute approximate surface area is 165 Å². The Morgan fingerprint density at radius 1 is 1.29 bits per heavy atom. The number of nitrogens with zero attached hydrogens (tertiary/aromatic N) is 3. The number of hydrogen-bond donors (Lipinski definition) is 1. The third kappa shape index (κ3) is 4.13. The second kappa shape index (κ2) is 8.20. The molecule has 1 fully saturated rings. The maximum absolute atomic E-state index is 12.4. The molecule has 2 aliphatic heterocycles. The number of ether oxygens (including phenoxy) is 1. The van der Waals surface area contributed by atoms with Crippen molar-refractivity contribution in [3.63, 3.8) is 0 Å². The van der Waals surface area contributed by atoms with E-state index in [1.54, 1.807) is 0 Å². The molecule has 2 heterocycles. The van der Waals surface area contributed by atoms with Crippen molar-refractivity contribution in [3.05, 3.63) is 23.8 Å². The SMILES string of the molecule is CN(C(=O)CCCOc1ccc2c(c1)CN1CC(=O)N=C1N2)C1CCCCC1. The van der Waals surface area contributed by atoms with Crippen LogP contribution in [-0.2, 0) is 16.1 Å². The molecule has 0 bridgehead atoms. The molecule has 1 aromatic carbocycles. The molecule has 7 heteroatoms. The average molecular weight is 384 g/mol. The van der Waals surface area contributed by atoms with Gasteiger partial charge in [-0.1, -0.05) is 19.3 Å². The van der Waals surface area contributed by atoms with Gasteiger partial charge in [-0.2, -0.15) is 4.99 Å². The Morgan fingerprint density at radius 2 is 2.11 bits per heavy atom. The first-order chi connectivity index (χ1) is 13.6. The molecular weight excluding hydrogens is 356 g/mol. The monoisotopic (exact) mass is 384 g/mol. The number of nitrogens with one attached hydrogen (secondary N) is 1. The van der Waals surface area contributed by atoms with Crippen LogP contribution >= 0.6 is 0 Å². The van der Waals surface area contributed by atoms with Crippen molar-refractivity contribution in [1.29, 1.82) is 0 Å². The summed E-state index contributed by atoms with van der Waals surface area (Å²) in [6.45, 7) is 1.49. The van der Waals surface area contributed by atoms with Crippen LogP contribution in [0, 0.1) is 0 Å². The van der Waals surface area contributed by atoms with E-state index in [1.807, 2.05) is 35.0 Å². The van der Waals surface area contributed by atoms with Gasteiger partial charge >= 0.3 is 0 Å². The van der Waals surface area contributed by atoms with Crippen molar-refractivity contribution in [2.75, 3.05) is 25.5 Å². The van der Waals surface area contributed by atoms with Crippen LogP contribution in [-0.4, -0.2) is 53.8 Å². The van der Waals surface area contributed by atoms with Gasteiger partial charge in [-0.05, 0) is 43.0 Å². The van der Waals surface area contributed by atoms with E-state index in [2.05, 4.69) is 10.3 Å². The maximum Gasteiger partial charge on any atom is 0.268 e. The van der Waals surface area contributed by atoms with Gasteiger partial charge in [0, 0.05) is 31.7 Å². The highest BCUT2D eigenvalue weighted by atomic mass is 16.5. The summed E-state index contributed by atoms with van der Waals surface area (Å²) in [6.07, 6.45) is 7.27. The molecule has 1 aliphatic carbocycles. The van der Waals surface area contributed by atoms with Gasteiger partial charge in [0.1, 0.15) is 12.3 Å². The molecule has 0 aromatic heterocycles. The first-order valence-corrected chi connectivity index (χ1v) is 10.2. The molecule has 0 spiro atoms. The number of guanidine groups is 1. The zero-order valence-electron chi connectivity index (χ0n) is 16.4. The van der Waals surface area contributed by atoms with Crippen molar-refractivity contribution in [2.45, 2.75) is 57.5 Å². The van der Waals surface area contributed by atoms with Gasteiger partial charge in [0.05, 0.1) is 6.61 Å². The summed E-state index contributed by atoms with van der Waals surface area (Å²) in [5, 5.41) is 3.19. The van der Waals surface area contributed by atoms with Crippen molar-refractivity contribution < 1.29 is 14.3 Å². The molecule has 28 heavy (non-hydrogen) atoms. The van der Waals surface area contributed by atoms with Crippen LogP contribution in [0.1, 0.15) is 50.5 Å². The fraction of sp³-hybridized carbons (Fsp3) is 0.571. The lowest BCUT2D eigenvalue weighted by atomic mass is 9.94. The zero-order chi connectivity index (χ0) is 19.5. The van der Waals surface area contributed by atoms with Crippen LogP contribution in [0.15, 0.2) is 23.2 Å². The van der Waals surface area contributed by atoms with E-state index in [4.69, 9.17) is 4.74 Å². The number of fused-ring (bicyclic) bond motifs is 2. The van der Waals surface area contributed by atoms with Crippen LogP contribution in [0.5, 0.6) is 5.75 Å². The third-order valence-corrected chi connectivity index (χ3v) is 5.86. The van der Waals surface area contributed by atoms with Crippen LogP contribution < -0.4 is 10.1 Å². The summed E-state index contributed by atoms with van der Waals surface area (Å²) in [4.78, 5) is 31.7. The normalized spacial score (nSPS) is 18.8. The van der Waals surface area contributed by atoms with Crippen molar-refractivity contribution in [1.82, 2.24) is 9.80 Å². The lowest BCUT2D eigenvalue weighted by Crippen LogP contribution is -2.38. The van der Waals surface area contributed by atoms with Crippen LogP contribution in [0.25, 0.3) is 0 Å². The topological polar surface area (TPSA) is 74.2 Å². The first-order valence-electron chi connectivity index (χ1n) is 10.2. The molecule has 1 saturated carbocycles. The summed E-state index contributed by atoms with van der Waals surface area (Å²) < 4.78 is 5.87. The predicted octanol–water partition coefficient (Wildman–Crippen LogP) is 2.76. The number of anilines is 1. The molecule has 1 aromatic rings. The Kier molecular flexibility index (Phi) is 5.50. The van der Waals surface area contributed by atoms with Gasteiger partial charge in [0.25, 0.3) is 5.91 Å². The molecular formula is C21H28N4O3. The summed E-state index contributed by atoms with van der Waals surface area (Å²) in [7, 11) is 1.94. The highest BCUT2D eigenvalue weighted by molar-refractivity contribution is 6.08. The Bertz CT molecular complexity index is 786. The van der Waals surface area contributed by atoms with E-state index in [0.29, 0.717) is 44.5 Å². The lowest BCUT2D eigenvalue weighted by Gasteiger charge is -2.31. The van der Waals surface area contributed by atoms with Crippen molar-refractivity contribution in [2.24, 2.45) is 4.99 Å². The van der Waals surface area contributed by atoms with E-state index < -0.39 is 0 Å². The highest BCUT2D eigenvalue weighted by Gasteiger charge is 2.28. The Hall–Kier alpha value is -2.57. The van der Waals surface area contributed by atoms with Crippen molar-refractivity contribution in [3.8, 4) is 5.75 Å². The van der Waals surface area contributed by atoms with E-state index in [0.717, 1.165) is 29.8 Å². The van der Waals surface area contributed by atoms with Gasteiger partial charge in [0.15, 0.2) is 0 Å². The molecule has 0 saturated heterocycles. The predicted molar refractivity (Wildman–Crippen MR) is 107 cm³/mol. The van der Waals surface area contributed by atoms with Crippen molar-refractivity contribution >= 4 is 23.5 Å². The zero-order valence-corrected chi connectivity index (χ0v) is 16.4. The molecule has 4 rings (SSSR count). The van der Waals surface area contributed by atoms with Crippen LogP contribution in [0.3, 0.4) is 0 Å². The average Bonchev–Trinajstić information content (AvgIpc) is 3.08. The number of aliphatic imine (C=N–C) groups is 1. The van der Waals surface area contributed by atoms with Crippen LogP contribution in [0.2, 0.25) is 0 Å². The van der Waals surface area contributed by atoms with Gasteiger partial charge in [-0.25, -0.2) is 0 Å². The van der Waals surface area contributed by atoms with Gasteiger partial charge < -0.3 is 19.9 Å². The lowest BCUT2D eigenvalue weighted by molar-refractivity contribution is -0.132. The summed E-state index contributed by atoms with van der Waals surface area (Å²) in [5.74, 6) is 1.52. The summed E-state index contributed by atoms with van der Waals surface area (Å²) in [5.41, 5.74) is 2.04. The van der Waals surface area contributed by atoms with Gasteiger partial charge in [-0.3, -0.25) is 9.59 Å². The number of rotatable bonds is 6.